The second-order valence-electron chi connectivity index (χ2n) is 4.41. The second-order valence-corrected chi connectivity index (χ2v) is 4.41. The van der Waals surface area contributed by atoms with Gasteiger partial charge >= 0.3 is 0 Å². The molecule has 1 aliphatic heterocycles. The van der Waals surface area contributed by atoms with Gasteiger partial charge in [-0.3, -0.25) is 9.59 Å². The van der Waals surface area contributed by atoms with Crippen LogP contribution in [0.2, 0.25) is 0 Å². The maximum absolute atomic E-state index is 13.5. The van der Waals surface area contributed by atoms with Gasteiger partial charge in [-0.15, -0.1) is 0 Å². The molecule has 1 saturated heterocycles. The minimum atomic E-state index is -3.10. The van der Waals surface area contributed by atoms with E-state index in [1.54, 1.807) is 0 Å². The number of alkyl halides is 2. The van der Waals surface area contributed by atoms with Gasteiger partial charge in [0.15, 0.2) is 11.6 Å². The lowest BCUT2D eigenvalue weighted by Crippen LogP contribution is -2.46. The molecule has 0 aromatic carbocycles. The number of hydrogen-bond acceptors (Lipinski definition) is 2. The number of ketones is 1. The minimum Gasteiger partial charge on any atom is -0.336 e. The third-order valence-electron chi connectivity index (χ3n) is 2.98. The molecule has 0 aromatic heterocycles. The summed E-state index contributed by atoms with van der Waals surface area (Å²) in [5, 5.41) is 0. The summed E-state index contributed by atoms with van der Waals surface area (Å²) in [6.45, 7) is 2.92. The maximum atomic E-state index is 13.5. The van der Waals surface area contributed by atoms with Crippen LogP contribution >= 0.6 is 0 Å². The van der Waals surface area contributed by atoms with E-state index < -0.39 is 35.5 Å². The monoisotopic (exact) mass is 215 g/mol. The minimum absolute atomic E-state index is 0.476. The van der Waals surface area contributed by atoms with Gasteiger partial charge in [-0.1, -0.05) is 13.8 Å². The molecule has 0 bridgehead atoms. The second kappa shape index (κ2) is 3.28. The van der Waals surface area contributed by atoms with Crippen LogP contribution in [0.25, 0.3) is 0 Å². The number of Topliss-reactive ketones (excluding diaryl/α,β-unsaturated/α-hetero) is 1. The normalized spacial score (nSPS) is 27.8. The van der Waals surface area contributed by atoms with Crippen LogP contribution in [-0.2, 0) is 4.79 Å². The van der Waals surface area contributed by atoms with E-state index in [4.69, 9.17) is 7.85 Å². The summed E-state index contributed by atoms with van der Waals surface area (Å²) in [6, 6.07) is -1.15. The average Bonchev–Trinajstić information content (AvgIpc) is 2.18. The van der Waals surface area contributed by atoms with E-state index in [1.165, 1.54) is 20.8 Å². The molecule has 15 heavy (non-hydrogen) atoms. The molecule has 1 fully saturated rings. The Balaban J connectivity index is 3.18. The molecular weight excluding hydrogens is 203 g/mol. The van der Waals surface area contributed by atoms with Crippen LogP contribution in [0.4, 0.5) is 13.6 Å². The van der Waals surface area contributed by atoms with Crippen molar-refractivity contribution in [2.45, 2.75) is 32.7 Å². The van der Waals surface area contributed by atoms with Crippen LogP contribution in [0, 0.1) is 5.41 Å². The summed E-state index contributed by atoms with van der Waals surface area (Å²) >= 11 is 0. The van der Waals surface area contributed by atoms with Crippen LogP contribution in [0.3, 0.4) is 0 Å². The van der Waals surface area contributed by atoms with E-state index >= 15 is 0 Å². The molecule has 3 nitrogen and oxygen atoms in total. The van der Waals surface area contributed by atoms with Gasteiger partial charge in [0.05, 0.1) is 12.0 Å². The van der Waals surface area contributed by atoms with E-state index in [0.717, 1.165) is 4.90 Å². The molecule has 1 rings (SSSR count). The Kier molecular flexibility index (Phi) is 2.66. The van der Waals surface area contributed by atoms with E-state index in [2.05, 4.69) is 0 Å². The summed E-state index contributed by atoms with van der Waals surface area (Å²) in [7, 11) is 4.97. The Morgan fingerprint density at radius 2 is 1.87 bits per heavy atom. The van der Waals surface area contributed by atoms with Crippen molar-refractivity contribution < 1.29 is 18.4 Å². The van der Waals surface area contributed by atoms with E-state index in [-0.39, 0.29) is 0 Å². The first-order valence-corrected chi connectivity index (χ1v) is 4.55. The van der Waals surface area contributed by atoms with Gasteiger partial charge in [0.2, 0.25) is 7.85 Å². The van der Waals surface area contributed by atoms with E-state index in [0.29, 0.717) is 0 Å². The Morgan fingerprint density at radius 1 is 1.40 bits per heavy atom. The number of hydrogen-bond donors (Lipinski definition) is 0. The number of likely N-dealkylation sites (tertiary alicyclic amines) is 1. The molecule has 6 heteroatoms. The molecule has 1 amide bonds. The van der Waals surface area contributed by atoms with E-state index in [1.807, 2.05) is 0 Å². The third kappa shape index (κ3) is 1.66. The standard InChI is InChI=1S/C9H12BF2NO2/c1-5(14)6-8(2,3)9(11,12)4-13(6)7(10)15/h6H,4H2,1-3H3/t6-/m0/s1. The zero-order chi connectivity index (χ0) is 12.0. The molecule has 1 atom stereocenters. The predicted molar refractivity (Wildman–Crippen MR) is 51.1 cm³/mol. The van der Waals surface area contributed by atoms with Crippen molar-refractivity contribution in [2.24, 2.45) is 5.41 Å². The van der Waals surface area contributed by atoms with Crippen LogP contribution < -0.4 is 0 Å². The molecule has 0 saturated carbocycles. The number of carbonyl (C=O) groups is 2. The number of nitrogens with zero attached hydrogens (tertiary/aromatic N) is 1. The smallest absolute Gasteiger partial charge is 0.272 e. The SMILES string of the molecule is [B]C(=O)N1CC(F)(F)C(C)(C)[C@@H]1C(C)=O. The van der Waals surface area contributed by atoms with Crippen molar-refractivity contribution in [1.82, 2.24) is 4.90 Å². The summed E-state index contributed by atoms with van der Waals surface area (Å²) in [5.41, 5.74) is -1.58. The van der Waals surface area contributed by atoms with Crippen LogP contribution in [0.5, 0.6) is 0 Å². The molecule has 0 aliphatic carbocycles. The zero-order valence-corrected chi connectivity index (χ0v) is 8.88. The first-order valence-electron chi connectivity index (χ1n) is 4.55. The highest BCUT2D eigenvalue weighted by Crippen LogP contribution is 2.47. The topological polar surface area (TPSA) is 37.4 Å². The van der Waals surface area contributed by atoms with Crippen LogP contribution in [-0.4, -0.2) is 42.8 Å². The molecule has 0 unspecified atom stereocenters. The van der Waals surface area contributed by atoms with Crippen molar-refractivity contribution in [1.29, 1.82) is 0 Å². The third-order valence-corrected chi connectivity index (χ3v) is 2.98. The highest BCUT2D eigenvalue weighted by Gasteiger charge is 2.62. The first kappa shape index (κ1) is 12.1. The van der Waals surface area contributed by atoms with Gasteiger partial charge in [-0.25, -0.2) is 8.78 Å². The molecular formula is C9H12BF2NO2. The van der Waals surface area contributed by atoms with Gasteiger partial charge < -0.3 is 4.90 Å². The summed E-state index contributed by atoms with van der Waals surface area (Å²) < 4.78 is 27.1. The highest BCUT2D eigenvalue weighted by molar-refractivity contribution is 6.57. The first-order chi connectivity index (χ1) is 6.61. The molecule has 0 N–H and O–H groups in total. The number of carbonyl (C=O) groups excluding carboxylic acids is 2. The quantitative estimate of drug-likeness (QED) is 0.616. The molecule has 2 radical (unpaired) electrons. The van der Waals surface area contributed by atoms with Gasteiger partial charge in [0, 0.05) is 0 Å². The fourth-order valence-electron chi connectivity index (χ4n) is 2.03. The number of halogens is 2. The van der Waals surface area contributed by atoms with E-state index in [9.17, 15) is 18.4 Å². The Morgan fingerprint density at radius 3 is 2.13 bits per heavy atom. The fraction of sp³-hybridized carbons (Fsp3) is 0.778. The van der Waals surface area contributed by atoms with Gasteiger partial charge in [0.1, 0.15) is 6.04 Å². The van der Waals surface area contributed by atoms with Crippen molar-refractivity contribution in [3.8, 4) is 0 Å². The average molecular weight is 215 g/mol. The molecule has 0 aromatic rings. The largest absolute Gasteiger partial charge is 0.336 e. The lowest BCUT2D eigenvalue weighted by Gasteiger charge is -2.31. The molecule has 82 valence electrons. The lowest BCUT2D eigenvalue weighted by atomic mass is 9.80. The van der Waals surface area contributed by atoms with Gasteiger partial charge in [0.25, 0.3) is 5.92 Å². The zero-order valence-electron chi connectivity index (χ0n) is 8.88. The molecule has 1 aliphatic rings. The molecule has 0 spiro atoms. The summed E-state index contributed by atoms with van der Waals surface area (Å²) in [4.78, 5) is 23.0. The van der Waals surface area contributed by atoms with Crippen molar-refractivity contribution in [3.05, 3.63) is 0 Å². The number of rotatable bonds is 1. The fourth-order valence-corrected chi connectivity index (χ4v) is 2.03. The van der Waals surface area contributed by atoms with Gasteiger partial charge in [-0.05, 0) is 6.92 Å². The molecule has 1 heterocycles. The van der Waals surface area contributed by atoms with Crippen molar-refractivity contribution >= 4 is 19.4 Å². The summed E-state index contributed by atoms with van der Waals surface area (Å²) in [6.07, 6.45) is 0. The predicted octanol–water partition coefficient (Wildman–Crippen LogP) is 1.21. The van der Waals surface area contributed by atoms with Crippen molar-refractivity contribution in [3.63, 3.8) is 0 Å². The number of amides is 1. The van der Waals surface area contributed by atoms with Crippen molar-refractivity contribution in [2.75, 3.05) is 6.54 Å². The summed E-state index contributed by atoms with van der Waals surface area (Å²) in [5.74, 6) is -4.56. The van der Waals surface area contributed by atoms with Crippen LogP contribution in [0.15, 0.2) is 0 Å². The van der Waals surface area contributed by atoms with Crippen LogP contribution in [0.1, 0.15) is 20.8 Å². The Labute approximate surface area is 88.2 Å². The van der Waals surface area contributed by atoms with Gasteiger partial charge in [-0.2, -0.15) is 0 Å². The highest BCUT2D eigenvalue weighted by atomic mass is 19.3. The lowest BCUT2D eigenvalue weighted by molar-refractivity contribution is -0.127. The Hall–Kier alpha value is -0.935. The maximum Gasteiger partial charge on any atom is 0.272 e. The Bertz CT molecular complexity index is 317.